The Hall–Kier alpha value is -2.36. The Morgan fingerprint density at radius 2 is 2.09 bits per heavy atom. The summed E-state index contributed by atoms with van der Waals surface area (Å²) in [6.45, 7) is 8.09. The summed E-state index contributed by atoms with van der Waals surface area (Å²) < 4.78 is 5.11. The quantitative estimate of drug-likeness (QED) is 0.666. The lowest BCUT2D eigenvalue weighted by molar-refractivity contribution is -0.120. The number of hydrogen-bond acceptors (Lipinski definition) is 3. The molecule has 1 aromatic rings. The molecule has 0 radical (unpaired) electrons. The summed E-state index contributed by atoms with van der Waals surface area (Å²) in [7, 11) is 1.62. The van der Waals surface area contributed by atoms with Crippen molar-refractivity contribution in [2.75, 3.05) is 7.11 Å². The number of rotatable bonds is 5. The fraction of sp³-hybridized carbons (Fsp3) is 0.368. The Bertz CT molecular complexity index is 642. The fourth-order valence-corrected chi connectivity index (χ4v) is 2.52. The minimum absolute atomic E-state index is 0.118. The van der Waals surface area contributed by atoms with Crippen LogP contribution in [0.1, 0.15) is 32.3 Å². The lowest BCUT2D eigenvalue weighted by Gasteiger charge is -2.22. The first-order valence-corrected chi connectivity index (χ1v) is 7.80. The highest BCUT2D eigenvalue weighted by Crippen LogP contribution is 2.26. The van der Waals surface area contributed by atoms with E-state index >= 15 is 0 Å². The van der Waals surface area contributed by atoms with E-state index in [-0.39, 0.29) is 5.91 Å². The van der Waals surface area contributed by atoms with Gasteiger partial charge in [0.2, 0.25) is 5.91 Å². The van der Waals surface area contributed by atoms with Crippen LogP contribution in [0, 0.1) is 5.92 Å². The summed E-state index contributed by atoms with van der Waals surface area (Å²) >= 11 is 0. The number of nitrogens with one attached hydrogen (secondary N) is 1. The van der Waals surface area contributed by atoms with Gasteiger partial charge in [0, 0.05) is 0 Å². The Morgan fingerprint density at radius 3 is 2.70 bits per heavy atom. The van der Waals surface area contributed by atoms with Gasteiger partial charge in [0.15, 0.2) is 0 Å². The van der Waals surface area contributed by atoms with Crippen LogP contribution >= 0.6 is 0 Å². The zero-order valence-corrected chi connectivity index (χ0v) is 14.1. The minimum Gasteiger partial charge on any atom is -0.497 e. The molecule has 0 spiro atoms. The molecule has 2 rings (SSSR count). The van der Waals surface area contributed by atoms with Crippen LogP contribution in [0.4, 0.5) is 0 Å². The van der Waals surface area contributed by atoms with Crippen LogP contribution in [0.5, 0.6) is 5.75 Å². The summed E-state index contributed by atoms with van der Waals surface area (Å²) in [5, 5.41) is 4.31. The molecule has 0 bridgehead atoms. The summed E-state index contributed by atoms with van der Waals surface area (Å²) in [4.78, 5) is 12.0. The molecule has 0 heterocycles. The molecule has 4 heteroatoms. The number of carbonyl (C=O) groups excluding carboxylic acids is 1. The number of nitrogens with zero attached hydrogens (tertiary/aromatic N) is 1. The predicted octanol–water partition coefficient (Wildman–Crippen LogP) is 3.64. The van der Waals surface area contributed by atoms with Crippen molar-refractivity contribution in [1.29, 1.82) is 0 Å². The molecule has 0 aliphatic heterocycles. The van der Waals surface area contributed by atoms with Gasteiger partial charge in [-0.1, -0.05) is 30.4 Å². The minimum atomic E-state index is -0.118. The predicted molar refractivity (Wildman–Crippen MR) is 93.6 cm³/mol. The highest BCUT2D eigenvalue weighted by Gasteiger charge is 2.18. The van der Waals surface area contributed by atoms with E-state index in [4.69, 9.17) is 4.74 Å². The van der Waals surface area contributed by atoms with Crippen LogP contribution in [-0.4, -0.2) is 18.7 Å². The van der Waals surface area contributed by atoms with Gasteiger partial charge >= 0.3 is 0 Å². The fourth-order valence-electron chi connectivity index (χ4n) is 2.52. The molecule has 1 aromatic carbocycles. The second-order valence-electron chi connectivity index (χ2n) is 5.99. The molecule has 1 N–H and O–H groups in total. The second kappa shape index (κ2) is 7.77. The van der Waals surface area contributed by atoms with Crippen molar-refractivity contribution >= 4 is 11.6 Å². The van der Waals surface area contributed by atoms with E-state index in [1.165, 1.54) is 0 Å². The van der Waals surface area contributed by atoms with Gasteiger partial charge in [0.05, 0.1) is 19.2 Å². The topological polar surface area (TPSA) is 50.7 Å². The first kappa shape index (κ1) is 17.0. The van der Waals surface area contributed by atoms with Crippen LogP contribution in [0.15, 0.2) is 53.2 Å². The molecule has 4 nitrogen and oxygen atoms in total. The molecule has 1 atom stereocenters. The molecule has 1 aliphatic carbocycles. The average molecular weight is 312 g/mol. The molecule has 23 heavy (non-hydrogen) atoms. The normalized spacial score (nSPS) is 19.2. The summed E-state index contributed by atoms with van der Waals surface area (Å²) in [6, 6.07) is 7.46. The Balaban J connectivity index is 1.95. The van der Waals surface area contributed by atoms with Crippen molar-refractivity contribution < 1.29 is 9.53 Å². The number of allylic oxidation sites excluding steroid dienone is 3. The van der Waals surface area contributed by atoms with Gasteiger partial charge in [0.25, 0.3) is 0 Å². The van der Waals surface area contributed by atoms with Crippen molar-refractivity contribution in [3.63, 3.8) is 0 Å². The zero-order chi connectivity index (χ0) is 16.8. The van der Waals surface area contributed by atoms with Gasteiger partial charge in [-0.2, -0.15) is 5.10 Å². The lowest BCUT2D eigenvalue weighted by Crippen LogP contribution is -2.24. The summed E-state index contributed by atoms with van der Waals surface area (Å²) in [5.74, 6) is 1.08. The molecule has 0 saturated carbocycles. The zero-order valence-electron chi connectivity index (χ0n) is 14.1. The maximum atomic E-state index is 12.0. The van der Waals surface area contributed by atoms with Crippen molar-refractivity contribution in [3.8, 4) is 5.75 Å². The first-order valence-electron chi connectivity index (χ1n) is 7.80. The molecule has 122 valence electrons. The van der Waals surface area contributed by atoms with Gasteiger partial charge in [-0.25, -0.2) is 5.43 Å². The van der Waals surface area contributed by atoms with Crippen LogP contribution in [-0.2, 0) is 11.2 Å². The highest BCUT2D eigenvalue weighted by molar-refractivity contribution is 6.01. The maximum absolute atomic E-state index is 12.0. The van der Waals surface area contributed by atoms with E-state index in [0.717, 1.165) is 41.0 Å². The number of methoxy groups -OCH3 is 1. The number of amides is 1. The highest BCUT2D eigenvalue weighted by atomic mass is 16.5. The molecule has 0 aromatic heterocycles. The van der Waals surface area contributed by atoms with Gasteiger partial charge in [-0.3, -0.25) is 4.79 Å². The lowest BCUT2D eigenvalue weighted by atomic mass is 9.85. The number of hydrogen-bond donors (Lipinski definition) is 1. The third-order valence-electron chi connectivity index (χ3n) is 4.14. The Kier molecular flexibility index (Phi) is 5.74. The monoisotopic (exact) mass is 312 g/mol. The molecule has 1 aliphatic rings. The standard InChI is InChI=1S/C19H24N2O2/c1-13(2)16-8-5-14(3)18(12-16)20-21-19(22)11-15-6-9-17(23-4)10-7-15/h5-7,9-10,16H,1,8,11-12H2,2-4H3,(H,21,22)/t16-/m1/s1. The maximum Gasteiger partial charge on any atom is 0.244 e. The molecular formula is C19H24N2O2. The van der Waals surface area contributed by atoms with Crippen LogP contribution < -0.4 is 10.2 Å². The Morgan fingerprint density at radius 1 is 1.39 bits per heavy atom. The van der Waals surface area contributed by atoms with Gasteiger partial charge in [0.1, 0.15) is 5.75 Å². The SMILES string of the molecule is C=C(C)[C@@H]1CC=C(C)C(=NNC(=O)Cc2ccc(OC)cc2)C1. The third-order valence-corrected chi connectivity index (χ3v) is 4.14. The number of benzene rings is 1. The van der Waals surface area contributed by atoms with E-state index in [2.05, 4.69) is 23.2 Å². The first-order chi connectivity index (χ1) is 11.0. The van der Waals surface area contributed by atoms with Crippen LogP contribution in [0.2, 0.25) is 0 Å². The van der Waals surface area contributed by atoms with Crippen LogP contribution in [0.3, 0.4) is 0 Å². The van der Waals surface area contributed by atoms with Gasteiger partial charge in [-0.15, -0.1) is 0 Å². The number of hydrazone groups is 1. The van der Waals surface area contributed by atoms with E-state index in [1.807, 2.05) is 38.1 Å². The molecule has 0 fully saturated rings. The van der Waals surface area contributed by atoms with E-state index in [0.29, 0.717) is 12.3 Å². The van der Waals surface area contributed by atoms with Crippen molar-refractivity contribution in [3.05, 3.63) is 53.6 Å². The van der Waals surface area contributed by atoms with Gasteiger partial charge in [-0.05, 0) is 55.9 Å². The molecular weight excluding hydrogens is 288 g/mol. The Labute approximate surface area is 137 Å². The third kappa shape index (κ3) is 4.81. The summed E-state index contributed by atoms with van der Waals surface area (Å²) in [5.41, 5.74) is 6.82. The van der Waals surface area contributed by atoms with E-state index in [1.54, 1.807) is 7.11 Å². The van der Waals surface area contributed by atoms with E-state index in [9.17, 15) is 4.79 Å². The van der Waals surface area contributed by atoms with Gasteiger partial charge < -0.3 is 4.74 Å². The average Bonchev–Trinajstić information content (AvgIpc) is 2.54. The molecule has 0 unspecified atom stereocenters. The number of ether oxygens (including phenoxy) is 1. The molecule has 0 saturated heterocycles. The summed E-state index contributed by atoms with van der Waals surface area (Å²) in [6.07, 6.45) is 4.30. The van der Waals surface area contributed by atoms with Crippen molar-refractivity contribution in [2.45, 2.75) is 33.1 Å². The van der Waals surface area contributed by atoms with E-state index < -0.39 is 0 Å². The largest absolute Gasteiger partial charge is 0.497 e. The second-order valence-corrected chi connectivity index (χ2v) is 5.99. The van der Waals surface area contributed by atoms with Crippen molar-refractivity contribution in [1.82, 2.24) is 5.43 Å². The molecule has 1 amide bonds. The van der Waals surface area contributed by atoms with Crippen molar-refractivity contribution in [2.24, 2.45) is 11.0 Å². The number of carbonyl (C=O) groups is 1. The van der Waals surface area contributed by atoms with Crippen LogP contribution in [0.25, 0.3) is 0 Å². The smallest absolute Gasteiger partial charge is 0.244 e.